The van der Waals surface area contributed by atoms with Gasteiger partial charge in [0.25, 0.3) is 0 Å². The van der Waals surface area contributed by atoms with E-state index in [-0.39, 0.29) is 0 Å². The molecule has 4 atom stereocenters. The van der Waals surface area contributed by atoms with E-state index in [0.29, 0.717) is 0 Å². The molecule has 2 aliphatic carbocycles. The first-order valence-electron chi connectivity index (χ1n) is 7.11. The minimum absolute atomic E-state index is 0.765. The summed E-state index contributed by atoms with van der Waals surface area (Å²) in [5.74, 6) is 3.49. The molecule has 2 unspecified atom stereocenters. The number of ether oxygens (including phenoxy) is 1. The van der Waals surface area contributed by atoms with E-state index < -0.39 is 0 Å². The topological polar surface area (TPSA) is 9.23 Å². The summed E-state index contributed by atoms with van der Waals surface area (Å²) in [4.78, 5) is 0. The second kappa shape index (κ2) is 4.52. The summed E-state index contributed by atoms with van der Waals surface area (Å²) in [6.45, 7) is 4.45. The van der Waals surface area contributed by atoms with Crippen molar-refractivity contribution in [1.82, 2.24) is 0 Å². The fraction of sp³-hybridized carbons (Fsp3) is 0.867. The predicted molar refractivity (Wildman–Crippen MR) is 66.2 cm³/mol. The molecule has 3 aliphatic rings. The van der Waals surface area contributed by atoms with Crippen molar-refractivity contribution in [1.29, 1.82) is 0 Å². The Bertz CT molecular complexity index is 281. The number of rotatable bonds is 1. The largest absolute Gasteiger partial charge is 0.381 e. The van der Waals surface area contributed by atoms with Gasteiger partial charge in [-0.15, -0.1) is 0 Å². The van der Waals surface area contributed by atoms with Gasteiger partial charge in [-0.05, 0) is 43.4 Å². The molecule has 0 aromatic rings. The maximum Gasteiger partial charge on any atom is 0.0532 e. The van der Waals surface area contributed by atoms with E-state index in [1.54, 1.807) is 5.57 Å². The van der Waals surface area contributed by atoms with Crippen LogP contribution in [-0.2, 0) is 4.74 Å². The molecular formula is C15H24O. The number of hydrogen-bond donors (Lipinski definition) is 0. The van der Waals surface area contributed by atoms with Crippen molar-refractivity contribution < 1.29 is 4.74 Å². The SMILES string of the molecule is CC1CCCC(C2=C[C@@H]3COC[C@@H]3CC2)C1. The molecule has 0 radical (unpaired) electrons. The second-order valence-electron chi connectivity index (χ2n) is 6.21. The molecule has 0 bridgehead atoms. The van der Waals surface area contributed by atoms with E-state index in [1.807, 2.05) is 0 Å². The Morgan fingerprint density at radius 3 is 3.00 bits per heavy atom. The highest BCUT2D eigenvalue weighted by Crippen LogP contribution is 2.41. The van der Waals surface area contributed by atoms with E-state index in [2.05, 4.69) is 13.0 Å². The highest BCUT2D eigenvalue weighted by atomic mass is 16.5. The summed E-state index contributed by atoms with van der Waals surface area (Å²) < 4.78 is 5.60. The summed E-state index contributed by atoms with van der Waals surface area (Å²) >= 11 is 0. The molecule has 1 aliphatic heterocycles. The van der Waals surface area contributed by atoms with Gasteiger partial charge in [0.15, 0.2) is 0 Å². The summed E-state index contributed by atoms with van der Waals surface area (Å²) in [7, 11) is 0. The first-order chi connectivity index (χ1) is 7.83. The molecule has 1 nitrogen and oxygen atoms in total. The van der Waals surface area contributed by atoms with Gasteiger partial charge in [0.05, 0.1) is 13.2 Å². The van der Waals surface area contributed by atoms with E-state index in [9.17, 15) is 0 Å². The van der Waals surface area contributed by atoms with Crippen LogP contribution < -0.4 is 0 Å². The first-order valence-corrected chi connectivity index (χ1v) is 7.11. The van der Waals surface area contributed by atoms with Gasteiger partial charge in [0.1, 0.15) is 0 Å². The Balaban J connectivity index is 1.69. The zero-order valence-electron chi connectivity index (χ0n) is 10.5. The van der Waals surface area contributed by atoms with Gasteiger partial charge in [-0.3, -0.25) is 0 Å². The first kappa shape index (κ1) is 10.8. The Morgan fingerprint density at radius 2 is 2.12 bits per heavy atom. The second-order valence-corrected chi connectivity index (χ2v) is 6.21. The molecule has 2 fully saturated rings. The fourth-order valence-corrected chi connectivity index (χ4v) is 3.92. The maximum absolute atomic E-state index is 5.60. The lowest BCUT2D eigenvalue weighted by atomic mass is 9.72. The quantitative estimate of drug-likeness (QED) is 0.611. The van der Waals surface area contributed by atoms with Crippen molar-refractivity contribution in [3.63, 3.8) is 0 Å². The van der Waals surface area contributed by atoms with Gasteiger partial charge < -0.3 is 4.74 Å². The van der Waals surface area contributed by atoms with E-state index in [0.717, 1.165) is 36.9 Å². The summed E-state index contributed by atoms with van der Waals surface area (Å²) in [5.41, 5.74) is 1.79. The third kappa shape index (κ3) is 2.07. The fourth-order valence-electron chi connectivity index (χ4n) is 3.92. The monoisotopic (exact) mass is 220 g/mol. The van der Waals surface area contributed by atoms with E-state index in [1.165, 1.54) is 38.5 Å². The molecular weight excluding hydrogens is 196 g/mol. The van der Waals surface area contributed by atoms with Crippen LogP contribution in [0.3, 0.4) is 0 Å². The Morgan fingerprint density at radius 1 is 1.19 bits per heavy atom. The molecule has 3 rings (SSSR count). The van der Waals surface area contributed by atoms with Crippen molar-refractivity contribution in [2.45, 2.75) is 45.4 Å². The Kier molecular flexibility index (Phi) is 3.06. The smallest absolute Gasteiger partial charge is 0.0532 e. The molecule has 16 heavy (non-hydrogen) atoms. The van der Waals surface area contributed by atoms with Crippen molar-refractivity contribution in [2.24, 2.45) is 23.7 Å². The average Bonchev–Trinajstić information content (AvgIpc) is 2.75. The molecule has 0 amide bonds. The van der Waals surface area contributed by atoms with Gasteiger partial charge in [-0.1, -0.05) is 31.4 Å². The third-order valence-corrected chi connectivity index (χ3v) is 4.94. The third-order valence-electron chi connectivity index (χ3n) is 4.94. The van der Waals surface area contributed by atoms with Gasteiger partial charge in [0.2, 0.25) is 0 Å². The highest BCUT2D eigenvalue weighted by molar-refractivity contribution is 5.15. The molecule has 0 aromatic carbocycles. The van der Waals surface area contributed by atoms with Crippen LogP contribution in [0.2, 0.25) is 0 Å². The van der Waals surface area contributed by atoms with Crippen LogP contribution in [0.1, 0.15) is 45.4 Å². The lowest BCUT2D eigenvalue weighted by Gasteiger charge is -2.32. The normalized spacial score (nSPS) is 43.9. The molecule has 1 saturated heterocycles. The van der Waals surface area contributed by atoms with Gasteiger partial charge in [-0.25, -0.2) is 0 Å². The van der Waals surface area contributed by atoms with Crippen LogP contribution in [0.25, 0.3) is 0 Å². The average molecular weight is 220 g/mol. The van der Waals surface area contributed by atoms with Crippen molar-refractivity contribution in [3.05, 3.63) is 11.6 Å². The molecule has 0 aromatic heterocycles. The molecule has 0 spiro atoms. The van der Waals surface area contributed by atoms with Crippen molar-refractivity contribution in [2.75, 3.05) is 13.2 Å². The van der Waals surface area contributed by atoms with Crippen LogP contribution in [-0.4, -0.2) is 13.2 Å². The summed E-state index contributed by atoms with van der Waals surface area (Å²) in [6.07, 6.45) is 11.2. The zero-order chi connectivity index (χ0) is 11.0. The van der Waals surface area contributed by atoms with E-state index >= 15 is 0 Å². The maximum atomic E-state index is 5.60. The number of hydrogen-bond acceptors (Lipinski definition) is 1. The van der Waals surface area contributed by atoms with Gasteiger partial charge >= 0.3 is 0 Å². The van der Waals surface area contributed by atoms with Crippen LogP contribution in [0, 0.1) is 23.7 Å². The minimum Gasteiger partial charge on any atom is -0.381 e. The summed E-state index contributed by atoms with van der Waals surface area (Å²) in [5, 5.41) is 0. The molecule has 1 saturated carbocycles. The van der Waals surface area contributed by atoms with Crippen molar-refractivity contribution in [3.8, 4) is 0 Å². The Labute approximate surface area is 99.3 Å². The number of allylic oxidation sites excluding steroid dienone is 1. The molecule has 90 valence electrons. The standard InChI is InChI=1S/C15H24O/c1-11-3-2-4-12(7-11)13-5-6-14-9-16-10-15(14)8-13/h8,11-12,14-15H,2-7,9-10H2,1H3/t11?,12?,14-,15+/m0/s1. The van der Waals surface area contributed by atoms with Crippen LogP contribution in [0.5, 0.6) is 0 Å². The van der Waals surface area contributed by atoms with E-state index in [4.69, 9.17) is 4.74 Å². The molecule has 0 N–H and O–H groups in total. The lowest BCUT2D eigenvalue weighted by molar-refractivity contribution is 0.182. The highest BCUT2D eigenvalue weighted by Gasteiger charge is 2.32. The minimum atomic E-state index is 0.765. The van der Waals surface area contributed by atoms with Crippen LogP contribution >= 0.6 is 0 Å². The predicted octanol–water partition coefficient (Wildman–Crippen LogP) is 3.80. The zero-order valence-corrected chi connectivity index (χ0v) is 10.5. The molecule has 1 heteroatoms. The van der Waals surface area contributed by atoms with Crippen LogP contribution in [0.4, 0.5) is 0 Å². The molecule has 1 heterocycles. The lowest BCUT2D eigenvalue weighted by Crippen LogP contribution is -2.22. The summed E-state index contributed by atoms with van der Waals surface area (Å²) in [6, 6.07) is 0. The number of fused-ring (bicyclic) bond motifs is 1. The van der Waals surface area contributed by atoms with Gasteiger partial charge in [-0.2, -0.15) is 0 Å². The van der Waals surface area contributed by atoms with Crippen molar-refractivity contribution >= 4 is 0 Å². The van der Waals surface area contributed by atoms with Gasteiger partial charge in [0, 0.05) is 5.92 Å². The van der Waals surface area contributed by atoms with Crippen LogP contribution in [0.15, 0.2) is 11.6 Å². The Hall–Kier alpha value is -0.300.